The molecule has 2 aromatic rings. The summed E-state index contributed by atoms with van der Waals surface area (Å²) in [5.74, 6) is 0.0825. The number of rotatable bonds is 8. The molecule has 1 atom stereocenters. The monoisotopic (exact) mass is 354 g/mol. The average molecular weight is 355 g/mol. The molecule has 0 amide bonds. The van der Waals surface area contributed by atoms with Crippen molar-refractivity contribution in [3.8, 4) is 0 Å². The van der Waals surface area contributed by atoms with Crippen LogP contribution in [0.1, 0.15) is 27.2 Å². The molecule has 134 valence electrons. The Bertz CT molecular complexity index is 607. The summed E-state index contributed by atoms with van der Waals surface area (Å²) in [5.41, 5.74) is 0. The maximum absolute atomic E-state index is 9.69. The van der Waals surface area contributed by atoms with E-state index in [9.17, 15) is 5.11 Å². The summed E-state index contributed by atoms with van der Waals surface area (Å²) in [6, 6.07) is 21.2. The molecule has 0 aliphatic heterocycles. The number of aliphatic hydroxyl groups excluding tert-OH is 1. The van der Waals surface area contributed by atoms with Crippen molar-refractivity contribution in [1.82, 2.24) is 0 Å². The minimum Gasteiger partial charge on any atom is -0.407 e. The third-order valence-corrected chi connectivity index (χ3v) is 9.72. The third-order valence-electron chi connectivity index (χ3n) is 4.71. The Balaban J connectivity index is 2.54. The lowest BCUT2D eigenvalue weighted by Crippen LogP contribution is -2.67. The molecule has 1 N–H and O–H groups in total. The summed E-state index contributed by atoms with van der Waals surface area (Å²) in [7, 11) is -2.50. The summed E-state index contributed by atoms with van der Waals surface area (Å²) >= 11 is 0. The molecule has 2 nitrogen and oxygen atoms in total. The number of hydrogen-bond acceptors (Lipinski definition) is 2. The van der Waals surface area contributed by atoms with Gasteiger partial charge in [-0.25, -0.2) is 0 Å². The molecule has 25 heavy (non-hydrogen) atoms. The topological polar surface area (TPSA) is 29.5 Å². The van der Waals surface area contributed by atoms with E-state index in [1.807, 2.05) is 18.2 Å². The molecule has 2 aromatic carbocycles. The second kappa shape index (κ2) is 8.61. The molecule has 0 bridgehead atoms. The fourth-order valence-electron chi connectivity index (χ4n) is 3.44. The number of benzene rings is 2. The summed E-state index contributed by atoms with van der Waals surface area (Å²) in [6.45, 7) is 11.2. The lowest BCUT2D eigenvalue weighted by molar-refractivity contribution is 0.158. The minimum atomic E-state index is -2.50. The lowest BCUT2D eigenvalue weighted by atomic mass is 10.1. The summed E-state index contributed by atoms with van der Waals surface area (Å²) in [4.78, 5) is 0. The van der Waals surface area contributed by atoms with Crippen molar-refractivity contribution in [1.29, 1.82) is 0 Å². The highest BCUT2D eigenvalue weighted by Crippen LogP contribution is 2.37. The summed E-state index contributed by atoms with van der Waals surface area (Å²) in [6.07, 6.45) is 2.62. The Hall–Kier alpha value is -1.68. The van der Waals surface area contributed by atoms with E-state index in [0.29, 0.717) is 6.61 Å². The number of hydrogen-bond donors (Lipinski definition) is 1. The van der Waals surface area contributed by atoms with Crippen LogP contribution in [-0.2, 0) is 4.43 Å². The zero-order chi connectivity index (χ0) is 18.3. The van der Waals surface area contributed by atoms with Crippen LogP contribution in [0, 0.1) is 5.92 Å². The Morgan fingerprint density at radius 3 is 1.84 bits per heavy atom. The van der Waals surface area contributed by atoms with Crippen molar-refractivity contribution >= 4 is 18.7 Å². The maximum atomic E-state index is 9.69. The predicted molar refractivity (Wildman–Crippen MR) is 109 cm³/mol. The molecule has 0 fully saturated rings. The molecular weight excluding hydrogens is 324 g/mol. The molecule has 3 heteroatoms. The molecule has 0 radical (unpaired) electrons. The van der Waals surface area contributed by atoms with E-state index in [0.717, 1.165) is 6.42 Å². The van der Waals surface area contributed by atoms with Crippen molar-refractivity contribution in [3.05, 3.63) is 73.3 Å². The smallest absolute Gasteiger partial charge is 0.261 e. The first-order chi connectivity index (χ1) is 12.0. The molecule has 0 aromatic heterocycles. The molecule has 0 saturated carbocycles. The molecule has 0 saturated heterocycles. The fourth-order valence-corrected chi connectivity index (χ4v) is 8.08. The van der Waals surface area contributed by atoms with E-state index in [1.165, 1.54) is 10.4 Å². The lowest BCUT2D eigenvalue weighted by Gasteiger charge is -2.43. The van der Waals surface area contributed by atoms with E-state index in [2.05, 4.69) is 75.9 Å². The second-order valence-corrected chi connectivity index (χ2v) is 11.9. The van der Waals surface area contributed by atoms with Crippen molar-refractivity contribution in [3.63, 3.8) is 0 Å². The van der Waals surface area contributed by atoms with Gasteiger partial charge in [-0.3, -0.25) is 0 Å². The van der Waals surface area contributed by atoms with Gasteiger partial charge in [0.25, 0.3) is 8.32 Å². The van der Waals surface area contributed by atoms with Crippen LogP contribution in [0.25, 0.3) is 0 Å². The van der Waals surface area contributed by atoms with E-state index in [4.69, 9.17) is 4.43 Å². The van der Waals surface area contributed by atoms with Gasteiger partial charge in [-0.1, -0.05) is 87.5 Å². The SMILES string of the molecule is C=CC[C@H](CO)CO[Si](c1ccccc1)(c1ccccc1)C(C)(C)C. The Morgan fingerprint density at radius 1 is 1.00 bits per heavy atom. The van der Waals surface area contributed by atoms with Crippen LogP contribution in [0.2, 0.25) is 5.04 Å². The zero-order valence-corrected chi connectivity index (χ0v) is 16.6. The van der Waals surface area contributed by atoms with Gasteiger partial charge in [0.15, 0.2) is 0 Å². The van der Waals surface area contributed by atoms with Crippen LogP contribution in [0.5, 0.6) is 0 Å². The zero-order valence-electron chi connectivity index (χ0n) is 15.6. The van der Waals surface area contributed by atoms with Crippen molar-refractivity contribution in [2.24, 2.45) is 5.92 Å². The van der Waals surface area contributed by atoms with Gasteiger partial charge in [-0.2, -0.15) is 0 Å². The minimum absolute atomic E-state index is 0.0378. The first-order valence-electron chi connectivity index (χ1n) is 8.92. The highest BCUT2D eigenvalue weighted by molar-refractivity contribution is 6.99. The Kier molecular flexibility index (Phi) is 6.76. The first-order valence-corrected chi connectivity index (χ1v) is 10.8. The van der Waals surface area contributed by atoms with Crippen molar-refractivity contribution in [2.75, 3.05) is 13.2 Å². The molecule has 0 aliphatic rings. The third kappa shape index (κ3) is 4.29. The van der Waals surface area contributed by atoms with Gasteiger partial charge in [0.1, 0.15) is 0 Å². The predicted octanol–water partition coefficient (Wildman–Crippen LogP) is 3.75. The van der Waals surface area contributed by atoms with Crippen LogP contribution < -0.4 is 10.4 Å². The Morgan fingerprint density at radius 2 is 1.48 bits per heavy atom. The average Bonchev–Trinajstić information content (AvgIpc) is 2.62. The first kappa shape index (κ1) is 19.6. The van der Waals surface area contributed by atoms with Crippen LogP contribution in [0.3, 0.4) is 0 Å². The number of allylic oxidation sites excluding steroid dienone is 1. The van der Waals surface area contributed by atoms with Gasteiger partial charge in [-0.05, 0) is 21.8 Å². The van der Waals surface area contributed by atoms with Gasteiger partial charge in [0.2, 0.25) is 0 Å². The van der Waals surface area contributed by atoms with E-state index in [-0.39, 0.29) is 17.6 Å². The van der Waals surface area contributed by atoms with Gasteiger partial charge in [-0.15, -0.1) is 6.58 Å². The standard InChI is InChI=1S/C22H30O2Si/c1-5-12-19(17-23)18-24-25(22(2,3)4,20-13-8-6-9-14-20)21-15-10-7-11-16-21/h5-11,13-16,19,23H,1,12,17-18H2,2-4H3/t19-/m1/s1. The fraction of sp³-hybridized carbons (Fsp3) is 0.364. The van der Waals surface area contributed by atoms with Crippen LogP contribution >= 0.6 is 0 Å². The van der Waals surface area contributed by atoms with E-state index < -0.39 is 8.32 Å². The molecule has 0 unspecified atom stereocenters. The molecule has 0 heterocycles. The van der Waals surface area contributed by atoms with E-state index in [1.54, 1.807) is 0 Å². The molecule has 2 rings (SSSR count). The van der Waals surface area contributed by atoms with Gasteiger partial charge >= 0.3 is 0 Å². The summed E-state index contributed by atoms with van der Waals surface area (Å²) < 4.78 is 6.80. The largest absolute Gasteiger partial charge is 0.407 e. The normalized spacial score (nSPS) is 13.4. The maximum Gasteiger partial charge on any atom is 0.261 e. The quantitative estimate of drug-likeness (QED) is 0.578. The van der Waals surface area contributed by atoms with Crippen LogP contribution in [-0.4, -0.2) is 26.6 Å². The molecule has 0 spiro atoms. The van der Waals surface area contributed by atoms with Crippen molar-refractivity contribution in [2.45, 2.75) is 32.2 Å². The van der Waals surface area contributed by atoms with E-state index >= 15 is 0 Å². The molecular formula is C22H30O2Si. The van der Waals surface area contributed by atoms with Gasteiger partial charge in [0, 0.05) is 19.1 Å². The van der Waals surface area contributed by atoms with Crippen molar-refractivity contribution < 1.29 is 9.53 Å². The highest BCUT2D eigenvalue weighted by atomic mass is 28.4. The van der Waals surface area contributed by atoms with Gasteiger partial charge < -0.3 is 9.53 Å². The Labute approximate surface area is 153 Å². The van der Waals surface area contributed by atoms with Crippen LogP contribution in [0.4, 0.5) is 0 Å². The van der Waals surface area contributed by atoms with Gasteiger partial charge in [0.05, 0.1) is 0 Å². The summed E-state index contributed by atoms with van der Waals surface area (Å²) in [5, 5.41) is 12.2. The van der Waals surface area contributed by atoms with Crippen LogP contribution in [0.15, 0.2) is 73.3 Å². The molecule has 0 aliphatic carbocycles. The number of aliphatic hydroxyl groups is 1. The second-order valence-electron chi connectivity index (χ2n) is 7.55. The highest BCUT2D eigenvalue weighted by Gasteiger charge is 2.50.